The Morgan fingerprint density at radius 1 is 1.12 bits per heavy atom. The van der Waals surface area contributed by atoms with Gasteiger partial charge in [-0.25, -0.2) is 0 Å². The number of non-ortho nitro benzene ring substituents is 1. The number of piperidine rings is 1. The average Bonchev–Trinajstić information content (AvgIpc) is 3.74. The van der Waals surface area contributed by atoms with Crippen molar-refractivity contribution in [1.29, 1.82) is 0 Å². The number of nitrogens with zero attached hydrogens (tertiary/aromatic N) is 6. The molecule has 3 saturated heterocycles. The summed E-state index contributed by atoms with van der Waals surface area (Å²) in [6.45, 7) is 21.9. The Hall–Kier alpha value is -3.84. The Labute approximate surface area is 379 Å². The molecule has 3 N–H and O–H groups in total. The number of allylic oxidation sites excluding steroid dienone is 1. The van der Waals surface area contributed by atoms with Crippen molar-refractivity contribution in [2.75, 3.05) is 33.8 Å². The fourth-order valence-electron chi connectivity index (χ4n) is 9.69. The smallest absolute Gasteiger partial charge is 0.269 e. The van der Waals surface area contributed by atoms with Crippen molar-refractivity contribution in [2.24, 2.45) is 28.8 Å². The fourth-order valence-corrected chi connectivity index (χ4v) is 9.69. The first-order valence-corrected chi connectivity index (χ1v) is 23.2. The molecule has 3 aliphatic rings. The number of likely N-dealkylation sites (N-methyl/N-ethyl adjacent to an activating group) is 1. The maximum absolute atomic E-state index is 14.6. The lowest BCUT2D eigenvalue weighted by molar-refractivity contribution is -0.384. The Bertz CT molecular complexity index is 1870. The van der Waals surface area contributed by atoms with E-state index in [1.807, 2.05) is 47.7 Å². The van der Waals surface area contributed by atoms with E-state index in [-0.39, 0.29) is 41.4 Å². The van der Waals surface area contributed by atoms with Crippen molar-refractivity contribution in [2.45, 2.75) is 167 Å². The van der Waals surface area contributed by atoms with E-state index in [1.54, 1.807) is 37.8 Å². The highest BCUT2D eigenvalue weighted by atomic mass is 16.7. The zero-order chi connectivity index (χ0) is 46.9. The van der Waals surface area contributed by atoms with Gasteiger partial charge in [-0.3, -0.25) is 19.6 Å². The molecular weight excluding hydrogens is 823 g/mol. The third-order valence-corrected chi connectivity index (χ3v) is 14.0. The van der Waals surface area contributed by atoms with Crippen LogP contribution < -0.4 is 5.32 Å². The van der Waals surface area contributed by atoms with Crippen LogP contribution in [0.3, 0.4) is 0 Å². The highest BCUT2D eigenvalue weighted by Gasteiger charge is 2.50. The molecule has 1 aromatic carbocycles. The third-order valence-electron chi connectivity index (χ3n) is 14.0. The Morgan fingerprint density at radius 3 is 2.48 bits per heavy atom. The lowest BCUT2D eigenvalue weighted by Gasteiger charge is -2.46. The first kappa shape index (κ1) is 51.1. The number of aliphatic hydroxyl groups is 2. The van der Waals surface area contributed by atoms with Crippen LogP contribution in [0.25, 0.3) is 0 Å². The van der Waals surface area contributed by atoms with Crippen LogP contribution in [0, 0.1) is 33.8 Å². The second-order valence-electron chi connectivity index (χ2n) is 19.0. The van der Waals surface area contributed by atoms with E-state index >= 15 is 0 Å². The van der Waals surface area contributed by atoms with Crippen molar-refractivity contribution >= 4 is 17.2 Å². The van der Waals surface area contributed by atoms with Crippen LogP contribution in [0.1, 0.15) is 105 Å². The van der Waals surface area contributed by atoms with Crippen molar-refractivity contribution in [3.05, 3.63) is 64.2 Å². The minimum absolute atomic E-state index is 0.0666. The first-order chi connectivity index (χ1) is 30.3. The second kappa shape index (κ2) is 22.6. The highest BCUT2D eigenvalue weighted by molar-refractivity contribution is 5.89. The number of benzene rings is 1. The van der Waals surface area contributed by atoms with Crippen LogP contribution in [-0.4, -0.2) is 134 Å². The van der Waals surface area contributed by atoms with Gasteiger partial charge in [0.05, 0.1) is 51.9 Å². The van der Waals surface area contributed by atoms with Gasteiger partial charge in [-0.1, -0.05) is 56.8 Å². The van der Waals surface area contributed by atoms with Gasteiger partial charge >= 0.3 is 0 Å². The van der Waals surface area contributed by atoms with Crippen molar-refractivity contribution in [3.8, 4) is 0 Å². The van der Waals surface area contributed by atoms with Crippen molar-refractivity contribution < 1.29 is 43.7 Å². The number of ether oxygens (including phenoxy) is 4. The van der Waals surface area contributed by atoms with Crippen LogP contribution in [0.2, 0.25) is 0 Å². The van der Waals surface area contributed by atoms with E-state index in [1.165, 1.54) is 12.1 Å². The molecular formula is C47H75N7O10. The Balaban J connectivity index is 1.35. The van der Waals surface area contributed by atoms with Gasteiger partial charge in [0, 0.05) is 81.7 Å². The minimum atomic E-state index is -1.73. The lowest BCUT2D eigenvalue weighted by atomic mass is 9.74. The molecule has 0 radical (unpaired) electrons. The molecule has 0 aliphatic carbocycles. The molecule has 3 fully saturated rings. The number of aryl methyl sites for hydroxylation is 2. The molecule has 0 amide bonds. The summed E-state index contributed by atoms with van der Waals surface area (Å²) in [4.78, 5) is 33.6. The van der Waals surface area contributed by atoms with E-state index in [2.05, 4.69) is 34.2 Å². The Morgan fingerprint density at radius 2 is 1.84 bits per heavy atom. The van der Waals surface area contributed by atoms with Crippen LogP contribution in [0.4, 0.5) is 5.69 Å². The lowest BCUT2D eigenvalue weighted by Crippen LogP contribution is -2.57. The molecule has 2 aromatic rings. The molecule has 0 unspecified atom stereocenters. The molecule has 1 aromatic heterocycles. The van der Waals surface area contributed by atoms with E-state index in [9.17, 15) is 25.1 Å². The third kappa shape index (κ3) is 12.7. The van der Waals surface area contributed by atoms with Crippen LogP contribution in [0.5, 0.6) is 0 Å². The molecule has 0 spiro atoms. The summed E-state index contributed by atoms with van der Waals surface area (Å²) < 4.78 is 28.1. The number of nitro groups is 1. The topological polar surface area (TPSA) is 205 Å². The maximum atomic E-state index is 14.6. The van der Waals surface area contributed by atoms with E-state index < -0.39 is 58.5 Å². The van der Waals surface area contributed by atoms with Crippen molar-refractivity contribution in [1.82, 2.24) is 25.2 Å². The summed E-state index contributed by atoms with van der Waals surface area (Å²) in [6, 6.07) is 6.65. The standard InChI is InChI=1S/C47H75N7O10/c1-12-40-47(9,57)44(56)32(5)42(50-64-39-14-13-21-48-27-39)29(2)26-46(8,60-11)45(33(6)43(55)31(4)34(7)62-40)63-41-25-38(24-30(3)61-41)52(10)22-20-36-28-53(51-49-36)23-19-35-15-17-37(18-16-35)54(58)59/h15-18,28-33,38-41,44-45,48,56-57H,7,12-14,19-27H2,1-6,8-11H3/b50-42+/t29-,30-,31+,32+,33+,38+,39-,40-,41+,44-,45-,46-,47-/m1/s1. The molecule has 0 saturated carbocycles. The van der Waals surface area contributed by atoms with Gasteiger partial charge in [-0.2, -0.15) is 0 Å². The molecule has 17 heteroatoms. The van der Waals surface area contributed by atoms with Gasteiger partial charge in [-0.15, -0.1) is 5.10 Å². The Kier molecular flexibility index (Phi) is 18.0. The quantitative estimate of drug-likeness (QED) is 0.155. The number of methoxy groups -OCH3 is 1. The number of carbonyl (C=O) groups excluding carboxylic acids is 1. The van der Waals surface area contributed by atoms with Gasteiger partial charge in [0.25, 0.3) is 5.69 Å². The minimum Gasteiger partial charge on any atom is -0.492 e. The van der Waals surface area contributed by atoms with Crippen LogP contribution >= 0.6 is 0 Å². The molecule has 17 nitrogen and oxygen atoms in total. The van der Waals surface area contributed by atoms with Gasteiger partial charge in [0.2, 0.25) is 0 Å². The van der Waals surface area contributed by atoms with Gasteiger partial charge in [0.15, 0.2) is 6.29 Å². The molecule has 3 aliphatic heterocycles. The maximum Gasteiger partial charge on any atom is 0.269 e. The zero-order valence-electron chi connectivity index (χ0n) is 39.8. The first-order valence-electron chi connectivity index (χ1n) is 23.2. The van der Waals surface area contributed by atoms with Crippen LogP contribution in [-0.2, 0) is 48.0 Å². The number of hydrogen-bond donors (Lipinski definition) is 3. The monoisotopic (exact) mass is 898 g/mol. The van der Waals surface area contributed by atoms with Crippen molar-refractivity contribution in [3.63, 3.8) is 0 Å². The number of ketones is 1. The van der Waals surface area contributed by atoms with Gasteiger partial charge in [-0.05, 0) is 85.4 Å². The summed E-state index contributed by atoms with van der Waals surface area (Å²) in [7, 11) is 3.71. The summed E-state index contributed by atoms with van der Waals surface area (Å²) >= 11 is 0. The molecule has 4 heterocycles. The number of carbonyl (C=O) groups is 1. The number of nitrogens with one attached hydrogen (secondary N) is 1. The molecule has 5 rings (SSSR count). The van der Waals surface area contributed by atoms with E-state index in [0.717, 1.165) is 37.1 Å². The van der Waals surface area contributed by atoms with Crippen LogP contribution in [0.15, 0.2) is 48.0 Å². The highest BCUT2D eigenvalue weighted by Crippen LogP contribution is 2.39. The fraction of sp³-hybridized carbons (Fsp3) is 0.745. The van der Waals surface area contributed by atoms with E-state index in [0.29, 0.717) is 57.5 Å². The summed E-state index contributed by atoms with van der Waals surface area (Å²) in [5.74, 6) is -2.43. The predicted molar refractivity (Wildman–Crippen MR) is 242 cm³/mol. The number of hydrogen-bond acceptors (Lipinski definition) is 15. The number of aliphatic hydroxyl groups excluding tert-OH is 1. The second-order valence-corrected chi connectivity index (χ2v) is 19.0. The number of rotatable bonds is 14. The summed E-state index contributed by atoms with van der Waals surface area (Å²) in [5, 5.41) is 51.8. The van der Waals surface area contributed by atoms with Gasteiger partial charge < -0.3 is 44.2 Å². The number of oxime groups is 1. The normalized spacial score (nSPS) is 35.5. The number of nitro benzene ring substituents is 1. The summed E-state index contributed by atoms with van der Waals surface area (Å²) in [5.41, 5.74) is -0.324. The average molecular weight is 898 g/mol. The number of aromatic nitrogens is 3. The van der Waals surface area contributed by atoms with E-state index in [4.69, 9.17) is 28.9 Å². The molecule has 64 heavy (non-hydrogen) atoms. The molecule has 0 bridgehead atoms. The van der Waals surface area contributed by atoms with Gasteiger partial charge in [0.1, 0.15) is 23.6 Å². The SMILES string of the molecule is C=C1O[C@H](CC)[C@@](C)(O)[C@H](O)[C@@H](C)/C(=N/O[C@@H]2CCCNC2)[C@H](C)C[C@@](C)(OC)[C@H](O[C@H]2C[C@@H](N(C)CCc3cn(CCc4ccc([N+](=O)[O-])cc4)nn3)C[C@@H](C)O2)[C@@H](C)C(=O)[C@H]1C. The molecule has 13 atom stereocenters. The number of Topliss-reactive ketones (excluding diaryl/α,β-unsaturated/α-hetero) is 1. The zero-order valence-corrected chi connectivity index (χ0v) is 39.8. The molecule has 358 valence electrons. The summed E-state index contributed by atoms with van der Waals surface area (Å²) in [6.07, 6.45) is 3.22. The predicted octanol–water partition coefficient (Wildman–Crippen LogP) is 5.65. The largest absolute Gasteiger partial charge is 0.492 e.